The predicted molar refractivity (Wildman–Crippen MR) is 76.3 cm³/mol. The van der Waals surface area contributed by atoms with Gasteiger partial charge in [0, 0.05) is 11.7 Å². The van der Waals surface area contributed by atoms with Crippen LogP contribution in [-0.4, -0.2) is 15.4 Å². The Morgan fingerprint density at radius 2 is 2.06 bits per heavy atom. The first-order chi connectivity index (χ1) is 8.86. The van der Waals surface area contributed by atoms with Gasteiger partial charge >= 0.3 is 0 Å². The first-order valence-corrected chi connectivity index (χ1v) is 8.74. The van der Waals surface area contributed by atoms with Crippen molar-refractivity contribution in [3.63, 3.8) is 0 Å². The van der Waals surface area contributed by atoms with Gasteiger partial charge in [-0.3, -0.25) is 0 Å². The fraction of sp³-hybridized carbons (Fsp3) is 0.600. The first kappa shape index (κ1) is 10.5. The van der Waals surface area contributed by atoms with Crippen molar-refractivity contribution in [1.82, 2.24) is 0 Å². The zero-order chi connectivity index (χ0) is 11.7. The summed E-state index contributed by atoms with van der Waals surface area (Å²) < 4.78 is 6.44. The van der Waals surface area contributed by atoms with Crippen molar-refractivity contribution in [2.45, 2.75) is 46.0 Å². The minimum Gasteiger partial charge on any atom is -0.474 e. The van der Waals surface area contributed by atoms with Crippen LogP contribution in [0.2, 0.25) is 0 Å². The molecule has 94 valence electrons. The van der Waals surface area contributed by atoms with Crippen molar-refractivity contribution in [3.05, 3.63) is 24.3 Å². The van der Waals surface area contributed by atoms with E-state index in [4.69, 9.17) is 4.74 Å². The van der Waals surface area contributed by atoms with Gasteiger partial charge in [-0.25, -0.2) is 0 Å². The van der Waals surface area contributed by atoms with Crippen molar-refractivity contribution >= 4 is 23.5 Å². The predicted octanol–water partition coefficient (Wildman–Crippen LogP) is 4.17. The van der Waals surface area contributed by atoms with Crippen LogP contribution < -0.4 is 4.74 Å². The van der Waals surface area contributed by atoms with Crippen LogP contribution in [0.1, 0.15) is 25.7 Å². The summed E-state index contributed by atoms with van der Waals surface area (Å²) in [7, 11) is 0. The highest BCUT2D eigenvalue weighted by atomic mass is 32.2. The average Bonchev–Trinajstić information content (AvgIpc) is 3.07. The van der Waals surface area contributed by atoms with Gasteiger partial charge in [0.1, 0.15) is 5.75 Å². The van der Waals surface area contributed by atoms with E-state index in [9.17, 15) is 0 Å². The molecule has 1 aromatic rings. The largest absolute Gasteiger partial charge is 0.474 e. The molecule has 1 aromatic carbocycles. The Balaban J connectivity index is 1.54. The number of rotatable bonds is 0. The lowest BCUT2D eigenvalue weighted by Crippen LogP contribution is -2.45. The number of benzene rings is 1. The van der Waals surface area contributed by atoms with Crippen LogP contribution in [0.4, 0.5) is 0 Å². The zero-order valence-corrected chi connectivity index (χ0v) is 11.8. The third kappa shape index (κ3) is 1.18. The van der Waals surface area contributed by atoms with Crippen LogP contribution in [0.3, 0.4) is 0 Å². The number of hydrogen-bond donors (Lipinski definition) is 0. The molecule has 5 unspecified atom stereocenters. The van der Waals surface area contributed by atoms with E-state index in [2.05, 4.69) is 36.0 Å². The van der Waals surface area contributed by atoms with Crippen molar-refractivity contribution in [3.8, 4) is 5.75 Å². The summed E-state index contributed by atoms with van der Waals surface area (Å²) in [5, 5.41) is 1.62. The molecule has 18 heavy (non-hydrogen) atoms. The fourth-order valence-corrected chi connectivity index (χ4v) is 8.46. The number of ether oxygens (including phenoxy) is 1. The van der Waals surface area contributed by atoms with Gasteiger partial charge in [0.25, 0.3) is 0 Å². The molecule has 4 aliphatic rings. The molecule has 1 nitrogen and oxygen atoms in total. The third-order valence-corrected chi connectivity index (χ3v) is 8.59. The summed E-state index contributed by atoms with van der Waals surface area (Å²) in [5.41, 5.74) is 0. The highest BCUT2D eigenvalue weighted by Crippen LogP contribution is 2.69. The molecule has 1 aliphatic carbocycles. The van der Waals surface area contributed by atoms with Crippen molar-refractivity contribution in [1.29, 1.82) is 0 Å². The molecule has 0 aromatic heterocycles. The minimum absolute atomic E-state index is 0.0878. The molecule has 3 heterocycles. The normalized spacial score (nSPS) is 47.3. The molecule has 0 radical (unpaired) electrons. The summed E-state index contributed by atoms with van der Waals surface area (Å²) >= 11 is 4.26. The highest BCUT2D eigenvalue weighted by molar-refractivity contribution is 8.05. The van der Waals surface area contributed by atoms with Crippen molar-refractivity contribution in [2.75, 3.05) is 0 Å². The van der Waals surface area contributed by atoms with Crippen LogP contribution >= 0.6 is 23.5 Å². The molecular weight excluding hydrogens is 260 g/mol. The van der Waals surface area contributed by atoms with Crippen LogP contribution in [0.15, 0.2) is 29.2 Å². The fourth-order valence-electron chi connectivity index (χ4n) is 4.48. The molecule has 3 fully saturated rings. The van der Waals surface area contributed by atoms with E-state index in [1.807, 2.05) is 11.8 Å². The molecule has 0 amide bonds. The Bertz CT molecular complexity index is 490. The second kappa shape index (κ2) is 3.43. The Hall–Kier alpha value is -0.280. The van der Waals surface area contributed by atoms with E-state index in [0.29, 0.717) is 0 Å². The lowest BCUT2D eigenvalue weighted by atomic mass is 9.80. The second-order valence-corrected chi connectivity index (χ2v) is 8.74. The molecule has 0 N–H and O–H groups in total. The number of para-hydroxylation sites is 1. The van der Waals surface area contributed by atoms with E-state index >= 15 is 0 Å². The lowest BCUT2D eigenvalue weighted by molar-refractivity contribution is 0.107. The topological polar surface area (TPSA) is 9.23 Å². The summed E-state index contributed by atoms with van der Waals surface area (Å²) in [6.07, 6.45) is 5.65. The number of thioether (sulfide) groups is 2. The molecule has 3 heteroatoms. The van der Waals surface area contributed by atoms with E-state index in [1.165, 1.54) is 30.6 Å². The third-order valence-electron chi connectivity index (χ3n) is 5.15. The highest BCUT2D eigenvalue weighted by Gasteiger charge is 2.65. The van der Waals surface area contributed by atoms with Gasteiger partial charge in [-0.15, -0.1) is 11.8 Å². The maximum absolute atomic E-state index is 6.44. The lowest BCUT2D eigenvalue weighted by Gasteiger charge is -2.37. The summed E-state index contributed by atoms with van der Waals surface area (Å²) in [4.78, 5) is 1.45. The summed E-state index contributed by atoms with van der Waals surface area (Å²) in [6, 6.07) is 8.58. The van der Waals surface area contributed by atoms with Crippen molar-refractivity contribution in [2.24, 2.45) is 11.8 Å². The van der Waals surface area contributed by atoms with Gasteiger partial charge < -0.3 is 4.74 Å². The van der Waals surface area contributed by atoms with Crippen LogP contribution in [0, 0.1) is 11.8 Å². The number of hydrogen-bond acceptors (Lipinski definition) is 3. The molecule has 5 rings (SSSR count). The van der Waals surface area contributed by atoms with Crippen LogP contribution in [0.5, 0.6) is 5.75 Å². The van der Waals surface area contributed by atoms with Gasteiger partial charge in [0.05, 0.1) is 10.1 Å². The van der Waals surface area contributed by atoms with E-state index < -0.39 is 0 Å². The molecular formula is C15H16OS2. The van der Waals surface area contributed by atoms with Crippen LogP contribution in [0.25, 0.3) is 0 Å². The summed E-state index contributed by atoms with van der Waals surface area (Å²) in [6.45, 7) is 0. The molecule has 5 atom stereocenters. The summed E-state index contributed by atoms with van der Waals surface area (Å²) in [5.74, 6) is 3.08. The van der Waals surface area contributed by atoms with Gasteiger partial charge in [-0.1, -0.05) is 30.3 Å². The maximum atomic E-state index is 6.44. The van der Waals surface area contributed by atoms with Crippen molar-refractivity contribution < 1.29 is 4.74 Å². The number of fused-ring (bicyclic) bond motifs is 7. The van der Waals surface area contributed by atoms with Gasteiger partial charge in [0.2, 0.25) is 0 Å². The molecule has 2 saturated heterocycles. The standard InChI is InChI=1S/C15H16OS2/c1-2-7-12-11(6-1)16-15(18-12)8-13-9-4-3-5-10(9)14(15)17-13/h1-2,6-7,9-10,13-14H,3-5,8H2. The van der Waals surface area contributed by atoms with E-state index in [-0.39, 0.29) is 4.93 Å². The second-order valence-electron chi connectivity index (χ2n) is 6.02. The van der Waals surface area contributed by atoms with E-state index in [1.54, 1.807) is 0 Å². The first-order valence-electron chi connectivity index (χ1n) is 6.98. The Labute approximate surface area is 116 Å². The Kier molecular flexibility index (Phi) is 2.00. The molecule has 2 bridgehead atoms. The minimum atomic E-state index is 0.0878. The molecule has 1 spiro atoms. The van der Waals surface area contributed by atoms with Crippen LogP contribution in [-0.2, 0) is 0 Å². The average molecular weight is 276 g/mol. The van der Waals surface area contributed by atoms with Gasteiger partial charge in [0.15, 0.2) is 4.93 Å². The zero-order valence-electron chi connectivity index (χ0n) is 10.2. The van der Waals surface area contributed by atoms with Gasteiger partial charge in [-0.2, -0.15) is 0 Å². The van der Waals surface area contributed by atoms with E-state index in [0.717, 1.165) is 28.1 Å². The maximum Gasteiger partial charge on any atom is 0.172 e. The quantitative estimate of drug-likeness (QED) is 0.704. The molecule has 1 saturated carbocycles. The SMILES string of the molecule is c1ccc2c(c1)OC1(CC3SC1C1CCCC31)S2. The monoisotopic (exact) mass is 276 g/mol. The van der Waals surface area contributed by atoms with Gasteiger partial charge in [-0.05, 0) is 36.8 Å². The Morgan fingerprint density at radius 3 is 3.00 bits per heavy atom. The Morgan fingerprint density at radius 1 is 1.17 bits per heavy atom. The smallest absolute Gasteiger partial charge is 0.172 e. The molecule has 3 aliphatic heterocycles.